The molecule has 1 unspecified atom stereocenters. The van der Waals surface area contributed by atoms with Crippen LogP contribution in [-0.4, -0.2) is 47.0 Å². The maximum absolute atomic E-state index is 11.4. The monoisotopic (exact) mass is 250 g/mol. The molecule has 0 aromatic carbocycles. The maximum Gasteiger partial charge on any atom is 0.257 e. The second-order valence-electron chi connectivity index (χ2n) is 4.36. The number of anilines is 1. The van der Waals surface area contributed by atoms with Gasteiger partial charge in [0.05, 0.1) is 7.11 Å². The fraction of sp³-hybridized carbons (Fsp3) is 0.583. The van der Waals surface area contributed by atoms with Gasteiger partial charge in [0.2, 0.25) is 5.91 Å². The molecule has 1 aromatic rings. The number of likely N-dealkylation sites (tertiary alicyclic amines) is 1. The van der Waals surface area contributed by atoms with Crippen molar-refractivity contribution in [1.29, 1.82) is 0 Å². The number of methoxy groups -OCH3 is 1. The van der Waals surface area contributed by atoms with Gasteiger partial charge >= 0.3 is 0 Å². The molecule has 2 heterocycles. The van der Waals surface area contributed by atoms with Crippen LogP contribution in [-0.2, 0) is 4.79 Å². The number of hydrogen-bond acceptors (Lipinski definition) is 5. The predicted molar refractivity (Wildman–Crippen MR) is 67.5 cm³/mol. The van der Waals surface area contributed by atoms with Crippen LogP contribution in [0.25, 0.3) is 0 Å². The Labute approximate surface area is 106 Å². The topological polar surface area (TPSA) is 67.4 Å². The van der Waals surface area contributed by atoms with Crippen LogP contribution >= 0.6 is 0 Å². The van der Waals surface area contributed by atoms with E-state index in [0.29, 0.717) is 18.2 Å². The van der Waals surface area contributed by atoms with Crippen molar-refractivity contribution in [3.8, 4) is 5.88 Å². The molecule has 1 aliphatic heterocycles. The molecule has 6 heteroatoms. The molecular formula is C12H18N4O2. The van der Waals surface area contributed by atoms with Crippen LogP contribution in [0.4, 0.5) is 5.82 Å². The molecule has 1 saturated heterocycles. The van der Waals surface area contributed by atoms with Crippen LogP contribution in [0.5, 0.6) is 5.88 Å². The number of piperidine rings is 1. The van der Waals surface area contributed by atoms with Crippen LogP contribution in [0.2, 0.25) is 0 Å². The highest BCUT2D eigenvalue weighted by Crippen LogP contribution is 2.20. The summed E-state index contributed by atoms with van der Waals surface area (Å²) in [5.41, 5.74) is 0. The van der Waals surface area contributed by atoms with E-state index in [0.717, 1.165) is 19.4 Å². The maximum atomic E-state index is 11.4. The standard InChI is InChI=1S/C12H18N4O2/c1-9(17)16-7-3-4-10(8-16)15-11-12(18-2)14-6-5-13-11/h5-6,10H,3-4,7-8H2,1-2H3,(H,13,15). The molecule has 1 amide bonds. The molecule has 1 fully saturated rings. The SMILES string of the molecule is COc1nccnc1NC1CCCN(C(C)=O)C1. The first-order chi connectivity index (χ1) is 8.70. The highest BCUT2D eigenvalue weighted by atomic mass is 16.5. The molecule has 1 atom stereocenters. The van der Waals surface area contributed by atoms with Gasteiger partial charge in [0.1, 0.15) is 0 Å². The lowest BCUT2D eigenvalue weighted by molar-refractivity contribution is -0.129. The lowest BCUT2D eigenvalue weighted by Gasteiger charge is -2.32. The highest BCUT2D eigenvalue weighted by Gasteiger charge is 2.22. The van der Waals surface area contributed by atoms with Gasteiger partial charge in [-0.2, -0.15) is 0 Å². The summed E-state index contributed by atoms with van der Waals surface area (Å²) in [6.07, 6.45) is 5.23. The zero-order valence-electron chi connectivity index (χ0n) is 10.7. The molecule has 98 valence electrons. The molecule has 0 spiro atoms. The van der Waals surface area contributed by atoms with E-state index in [2.05, 4.69) is 15.3 Å². The van der Waals surface area contributed by atoms with Crippen molar-refractivity contribution in [2.24, 2.45) is 0 Å². The second-order valence-corrected chi connectivity index (χ2v) is 4.36. The van der Waals surface area contributed by atoms with Crippen molar-refractivity contribution in [3.63, 3.8) is 0 Å². The van der Waals surface area contributed by atoms with E-state index in [9.17, 15) is 4.79 Å². The average Bonchev–Trinajstić information content (AvgIpc) is 2.39. The summed E-state index contributed by atoms with van der Waals surface area (Å²) in [5.74, 6) is 1.24. The van der Waals surface area contributed by atoms with E-state index in [1.165, 1.54) is 0 Å². The Kier molecular flexibility index (Phi) is 3.96. The Bertz CT molecular complexity index is 424. The summed E-state index contributed by atoms with van der Waals surface area (Å²) in [6, 6.07) is 0.202. The third-order valence-corrected chi connectivity index (χ3v) is 3.07. The van der Waals surface area contributed by atoms with Gasteiger partial charge in [0.15, 0.2) is 5.82 Å². The lowest BCUT2D eigenvalue weighted by atomic mass is 10.1. The van der Waals surface area contributed by atoms with Gasteiger partial charge in [-0.1, -0.05) is 0 Å². The molecule has 0 bridgehead atoms. The van der Waals surface area contributed by atoms with Crippen LogP contribution in [0.15, 0.2) is 12.4 Å². The number of aromatic nitrogens is 2. The summed E-state index contributed by atoms with van der Waals surface area (Å²) in [4.78, 5) is 21.5. The Morgan fingerprint density at radius 1 is 1.50 bits per heavy atom. The van der Waals surface area contributed by atoms with Gasteiger partial charge in [-0.3, -0.25) is 4.79 Å². The fourth-order valence-corrected chi connectivity index (χ4v) is 2.15. The highest BCUT2D eigenvalue weighted by molar-refractivity contribution is 5.73. The number of rotatable bonds is 3. The Morgan fingerprint density at radius 2 is 2.28 bits per heavy atom. The van der Waals surface area contributed by atoms with Crippen LogP contribution in [0, 0.1) is 0 Å². The number of nitrogens with one attached hydrogen (secondary N) is 1. The largest absolute Gasteiger partial charge is 0.478 e. The van der Waals surface area contributed by atoms with Gasteiger partial charge in [-0.25, -0.2) is 9.97 Å². The van der Waals surface area contributed by atoms with Crippen molar-refractivity contribution in [2.45, 2.75) is 25.8 Å². The third kappa shape index (κ3) is 2.88. The van der Waals surface area contributed by atoms with E-state index in [1.54, 1.807) is 26.4 Å². The average molecular weight is 250 g/mol. The molecule has 1 aromatic heterocycles. The molecule has 0 radical (unpaired) electrons. The minimum atomic E-state index is 0.118. The molecular weight excluding hydrogens is 232 g/mol. The smallest absolute Gasteiger partial charge is 0.257 e. The predicted octanol–water partition coefficient (Wildman–Crippen LogP) is 0.908. The van der Waals surface area contributed by atoms with Crippen molar-refractivity contribution in [2.75, 3.05) is 25.5 Å². The van der Waals surface area contributed by atoms with E-state index in [4.69, 9.17) is 4.74 Å². The summed E-state index contributed by atoms with van der Waals surface area (Å²) < 4.78 is 5.14. The molecule has 18 heavy (non-hydrogen) atoms. The lowest BCUT2D eigenvalue weighted by Crippen LogP contribution is -2.44. The van der Waals surface area contributed by atoms with Crippen molar-refractivity contribution >= 4 is 11.7 Å². The number of hydrogen-bond donors (Lipinski definition) is 1. The molecule has 1 aliphatic rings. The molecule has 2 rings (SSSR count). The number of ether oxygens (including phenoxy) is 1. The van der Waals surface area contributed by atoms with Crippen molar-refractivity contribution in [3.05, 3.63) is 12.4 Å². The van der Waals surface area contributed by atoms with E-state index in [1.807, 2.05) is 4.90 Å². The van der Waals surface area contributed by atoms with E-state index >= 15 is 0 Å². The number of amides is 1. The Balaban J connectivity index is 2.02. The second kappa shape index (κ2) is 5.66. The summed E-state index contributed by atoms with van der Waals surface area (Å²) in [7, 11) is 1.57. The van der Waals surface area contributed by atoms with Crippen molar-refractivity contribution < 1.29 is 9.53 Å². The Morgan fingerprint density at radius 3 is 3.00 bits per heavy atom. The zero-order valence-corrected chi connectivity index (χ0v) is 10.7. The molecule has 0 saturated carbocycles. The third-order valence-electron chi connectivity index (χ3n) is 3.07. The summed E-state index contributed by atoms with van der Waals surface area (Å²) in [5, 5.41) is 3.29. The van der Waals surface area contributed by atoms with Gasteiger partial charge in [-0.05, 0) is 12.8 Å². The zero-order chi connectivity index (χ0) is 13.0. The first-order valence-corrected chi connectivity index (χ1v) is 6.07. The van der Waals surface area contributed by atoms with E-state index in [-0.39, 0.29) is 11.9 Å². The number of nitrogens with zero attached hydrogens (tertiary/aromatic N) is 3. The summed E-state index contributed by atoms with van der Waals surface area (Å²) in [6.45, 7) is 3.14. The quantitative estimate of drug-likeness (QED) is 0.863. The van der Waals surface area contributed by atoms with Gasteiger partial charge in [0.25, 0.3) is 5.88 Å². The van der Waals surface area contributed by atoms with Crippen molar-refractivity contribution in [1.82, 2.24) is 14.9 Å². The normalized spacial score (nSPS) is 19.4. The first kappa shape index (κ1) is 12.6. The minimum Gasteiger partial charge on any atom is -0.478 e. The van der Waals surface area contributed by atoms with Gasteiger partial charge in [0, 0.05) is 38.4 Å². The number of carbonyl (C=O) groups excluding carboxylic acids is 1. The molecule has 1 N–H and O–H groups in total. The molecule has 6 nitrogen and oxygen atoms in total. The fourth-order valence-electron chi connectivity index (χ4n) is 2.15. The van der Waals surface area contributed by atoms with Crippen LogP contribution in [0.1, 0.15) is 19.8 Å². The van der Waals surface area contributed by atoms with Crippen LogP contribution in [0.3, 0.4) is 0 Å². The molecule has 0 aliphatic carbocycles. The summed E-state index contributed by atoms with van der Waals surface area (Å²) >= 11 is 0. The van der Waals surface area contributed by atoms with Crippen LogP contribution < -0.4 is 10.1 Å². The number of carbonyl (C=O) groups is 1. The van der Waals surface area contributed by atoms with E-state index < -0.39 is 0 Å². The Hall–Kier alpha value is -1.85. The van der Waals surface area contributed by atoms with Gasteiger partial charge < -0.3 is 15.0 Å². The first-order valence-electron chi connectivity index (χ1n) is 6.07. The minimum absolute atomic E-state index is 0.118. The van der Waals surface area contributed by atoms with Gasteiger partial charge in [-0.15, -0.1) is 0 Å².